The van der Waals surface area contributed by atoms with Crippen LogP contribution in [0.5, 0.6) is 0 Å². The minimum Gasteiger partial charge on any atom is -0.387 e. The van der Waals surface area contributed by atoms with E-state index in [-0.39, 0.29) is 24.6 Å². The molecular weight excluding hydrogens is 384 g/mol. The predicted octanol–water partition coefficient (Wildman–Crippen LogP) is 1.34. The van der Waals surface area contributed by atoms with Crippen molar-refractivity contribution in [3.05, 3.63) is 47.0 Å². The molecule has 29 heavy (non-hydrogen) atoms. The lowest BCUT2D eigenvalue weighted by Gasteiger charge is -2.19. The zero-order valence-electron chi connectivity index (χ0n) is 16.0. The molecule has 2 heterocycles. The lowest BCUT2D eigenvalue weighted by atomic mass is 9.98. The van der Waals surface area contributed by atoms with Crippen molar-refractivity contribution in [1.29, 1.82) is 0 Å². The lowest BCUT2D eigenvalue weighted by Crippen LogP contribution is -2.34. The summed E-state index contributed by atoms with van der Waals surface area (Å²) >= 11 is 0. The van der Waals surface area contributed by atoms with Crippen molar-refractivity contribution in [1.82, 2.24) is 15.7 Å². The van der Waals surface area contributed by atoms with Crippen molar-refractivity contribution in [3.63, 3.8) is 0 Å². The Labute approximate surface area is 167 Å². The van der Waals surface area contributed by atoms with Gasteiger partial charge in [-0.15, -0.1) is 0 Å². The number of carbonyl (C=O) groups excluding carboxylic acids is 2. The minimum absolute atomic E-state index is 0.110. The molecule has 0 saturated carbocycles. The minimum atomic E-state index is -0.707. The fraction of sp³-hybridized carbons (Fsp3) is 0.400. The van der Waals surface area contributed by atoms with Crippen molar-refractivity contribution in [2.24, 2.45) is 0 Å². The molecule has 9 heteroatoms. The van der Waals surface area contributed by atoms with Gasteiger partial charge < -0.3 is 15.3 Å². The number of aliphatic hydroxyl groups is 1. The number of hydrogen-bond acceptors (Lipinski definition) is 5. The highest BCUT2D eigenvalue weighted by molar-refractivity contribution is 5.78. The van der Waals surface area contributed by atoms with Crippen molar-refractivity contribution < 1.29 is 28.3 Å². The summed E-state index contributed by atoms with van der Waals surface area (Å²) < 4.78 is 29.6. The van der Waals surface area contributed by atoms with Crippen LogP contribution in [0.3, 0.4) is 0 Å². The van der Waals surface area contributed by atoms with E-state index in [1.165, 1.54) is 24.0 Å². The number of nitrogens with zero attached hydrogens (tertiary/aromatic N) is 1. The summed E-state index contributed by atoms with van der Waals surface area (Å²) in [5.74, 6) is -2.01. The Morgan fingerprint density at radius 1 is 1.31 bits per heavy atom. The first-order chi connectivity index (χ1) is 13.9. The van der Waals surface area contributed by atoms with Gasteiger partial charge in [0.15, 0.2) is 0 Å². The van der Waals surface area contributed by atoms with E-state index in [0.29, 0.717) is 36.2 Å². The van der Waals surface area contributed by atoms with Crippen LogP contribution in [0.1, 0.15) is 30.9 Å². The number of nitrogens with one attached hydrogen (secondary N) is 2. The Hall–Kier alpha value is -2.78. The summed E-state index contributed by atoms with van der Waals surface area (Å²) in [5, 5.41) is 11.6. The van der Waals surface area contributed by atoms with E-state index in [0.717, 1.165) is 0 Å². The van der Waals surface area contributed by atoms with Gasteiger partial charge in [0.25, 0.3) is 0 Å². The topological polar surface area (TPSA) is 90.9 Å². The maximum Gasteiger partial charge on any atom is 0.248 e. The monoisotopic (exact) mass is 407 g/mol. The van der Waals surface area contributed by atoms with E-state index in [1.54, 1.807) is 12.2 Å². The van der Waals surface area contributed by atoms with Crippen LogP contribution in [-0.2, 0) is 14.4 Å². The summed E-state index contributed by atoms with van der Waals surface area (Å²) in [6, 6.07) is 2.45. The number of hydrogen-bond donors (Lipinski definition) is 3. The van der Waals surface area contributed by atoms with Crippen LogP contribution < -0.4 is 10.8 Å². The van der Waals surface area contributed by atoms with E-state index < -0.39 is 30.3 Å². The first-order valence-corrected chi connectivity index (χ1v) is 9.34. The van der Waals surface area contributed by atoms with Crippen LogP contribution in [0.4, 0.5) is 8.78 Å². The Balaban J connectivity index is 1.77. The van der Waals surface area contributed by atoms with Crippen molar-refractivity contribution in [2.45, 2.75) is 25.9 Å². The first-order valence-electron chi connectivity index (χ1n) is 9.34. The summed E-state index contributed by atoms with van der Waals surface area (Å²) in [7, 11) is 0. The molecule has 0 aliphatic carbocycles. The molecule has 0 radical (unpaired) electrons. The number of benzene rings is 1. The molecule has 1 atom stereocenters. The van der Waals surface area contributed by atoms with Crippen molar-refractivity contribution >= 4 is 23.1 Å². The summed E-state index contributed by atoms with van der Waals surface area (Å²) in [4.78, 5) is 29.4. The normalized spacial score (nSPS) is 19.2. The van der Waals surface area contributed by atoms with Gasteiger partial charge in [0.1, 0.15) is 24.3 Å². The van der Waals surface area contributed by atoms with Gasteiger partial charge in [-0.05, 0) is 36.6 Å². The second-order valence-corrected chi connectivity index (χ2v) is 6.90. The SMILES string of the molecule is CC(=O)NCC1C=C(c2cc(F)c(C3=CCCN(C(=O)CO)CC3)c(F)c2)NO1. The quantitative estimate of drug-likeness (QED) is 0.686. The highest BCUT2D eigenvalue weighted by Crippen LogP contribution is 2.30. The summed E-state index contributed by atoms with van der Waals surface area (Å²) in [6.45, 7) is 1.73. The lowest BCUT2D eigenvalue weighted by molar-refractivity contribution is -0.134. The van der Waals surface area contributed by atoms with Gasteiger partial charge in [-0.2, -0.15) is 0 Å². The number of hydroxylamine groups is 1. The Bertz CT molecular complexity index is 846. The second kappa shape index (κ2) is 9.15. The van der Waals surface area contributed by atoms with Crippen LogP contribution in [-0.4, -0.2) is 54.2 Å². The van der Waals surface area contributed by atoms with Gasteiger partial charge in [-0.3, -0.25) is 19.9 Å². The van der Waals surface area contributed by atoms with E-state index in [9.17, 15) is 18.4 Å². The predicted molar refractivity (Wildman–Crippen MR) is 102 cm³/mol. The molecule has 0 bridgehead atoms. The molecule has 0 spiro atoms. The molecule has 1 aromatic rings. The maximum absolute atomic E-state index is 14.8. The molecule has 3 N–H and O–H groups in total. The zero-order chi connectivity index (χ0) is 21.0. The van der Waals surface area contributed by atoms with Crippen LogP contribution in [0.15, 0.2) is 24.3 Å². The van der Waals surface area contributed by atoms with Gasteiger partial charge in [0.2, 0.25) is 11.8 Å². The molecule has 2 aliphatic rings. The van der Waals surface area contributed by atoms with Gasteiger partial charge in [0.05, 0.1) is 12.2 Å². The highest BCUT2D eigenvalue weighted by Gasteiger charge is 2.23. The van der Waals surface area contributed by atoms with Gasteiger partial charge >= 0.3 is 0 Å². The van der Waals surface area contributed by atoms with Gasteiger partial charge in [0, 0.05) is 31.1 Å². The van der Waals surface area contributed by atoms with E-state index in [4.69, 9.17) is 9.94 Å². The zero-order valence-corrected chi connectivity index (χ0v) is 16.0. The highest BCUT2D eigenvalue weighted by atomic mass is 19.1. The largest absolute Gasteiger partial charge is 0.387 e. The smallest absolute Gasteiger partial charge is 0.248 e. The molecule has 1 aromatic carbocycles. The van der Waals surface area contributed by atoms with Crippen LogP contribution in [0.2, 0.25) is 0 Å². The first kappa shape index (κ1) is 20.9. The van der Waals surface area contributed by atoms with Crippen LogP contribution in [0.25, 0.3) is 11.3 Å². The fourth-order valence-electron chi connectivity index (χ4n) is 3.37. The van der Waals surface area contributed by atoms with Crippen LogP contribution >= 0.6 is 0 Å². The molecule has 7 nitrogen and oxygen atoms in total. The molecule has 2 aliphatic heterocycles. The van der Waals surface area contributed by atoms with E-state index in [2.05, 4.69) is 10.8 Å². The summed E-state index contributed by atoms with van der Waals surface area (Å²) in [6.07, 6.45) is 3.67. The molecule has 2 amide bonds. The Kier molecular flexibility index (Phi) is 6.60. The molecular formula is C20H23F2N3O4. The van der Waals surface area contributed by atoms with E-state index >= 15 is 0 Å². The number of halogens is 2. The molecule has 156 valence electrons. The van der Waals surface area contributed by atoms with E-state index in [1.807, 2.05) is 0 Å². The standard InChI is InChI=1S/C20H23F2N3O4/c1-12(27)23-10-15-9-18(24-29-15)14-7-16(21)20(17(22)8-14)13-3-2-5-25(6-4-13)19(28)11-26/h3,7-9,15,24,26H,2,4-6,10-11H2,1H3,(H,23,27). The average molecular weight is 407 g/mol. The fourth-order valence-corrected chi connectivity index (χ4v) is 3.37. The third kappa shape index (κ3) is 4.99. The second-order valence-electron chi connectivity index (χ2n) is 6.90. The third-order valence-electron chi connectivity index (χ3n) is 4.83. The number of rotatable bonds is 5. The molecule has 0 aromatic heterocycles. The molecule has 0 fully saturated rings. The van der Waals surface area contributed by atoms with Gasteiger partial charge in [-0.25, -0.2) is 8.78 Å². The Morgan fingerprint density at radius 2 is 2.03 bits per heavy atom. The third-order valence-corrected chi connectivity index (χ3v) is 4.83. The number of amides is 2. The average Bonchev–Trinajstić information content (AvgIpc) is 3.03. The number of aliphatic hydroxyl groups excluding tert-OH is 1. The van der Waals surface area contributed by atoms with Crippen molar-refractivity contribution in [2.75, 3.05) is 26.2 Å². The number of carbonyl (C=O) groups is 2. The molecule has 1 unspecified atom stereocenters. The Morgan fingerprint density at radius 3 is 2.69 bits per heavy atom. The summed E-state index contributed by atoms with van der Waals surface area (Å²) in [5.41, 5.74) is 3.72. The van der Waals surface area contributed by atoms with Gasteiger partial charge in [-0.1, -0.05) is 6.08 Å². The molecule has 0 saturated heterocycles. The maximum atomic E-state index is 14.8. The van der Waals surface area contributed by atoms with Crippen molar-refractivity contribution in [3.8, 4) is 0 Å². The molecule has 3 rings (SSSR count). The van der Waals surface area contributed by atoms with Crippen LogP contribution in [0, 0.1) is 11.6 Å².